The van der Waals surface area contributed by atoms with Gasteiger partial charge in [-0.05, 0) is 17.7 Å². The maximum absolute atomic E-state index is 13.6. The van der Waals surface area contributed by atoms with Gasteiger partial charge in [0.1, 0.15) is 6.04 Å². The molecule has 1 atom stereocenters. The zero-order chi connectivity index (χ0) is 20.2. The maximum atomic E-state index is 13.6. The van der Waals surface area contributed by atoms with Crippen LogP contribution in [0.1, 0.15) is 21.5 Å². The van der Waals surface area contributed by atoms with Gasteiger partial charge in [-0.25, -0.2) is 4.79 Å². The van der Waals surface area contributed by atoms with Crippen LogP contribution in [0, 0.1) is 0 Å². The number of benzene rings is 2. The van der Waals surface area contributed by atoms with Gasteiger partial charge in [0, 0.05) is 17.5 Å². The summed E-state index contributed by atoms with van der Waals surface area (Å²) in [6, 6.07) is 10.5. The van der Waals surface area contributed by atoms with E-state index in [1.165, 1.54) is 12.1 Å². The number of nitrogens with one attached hydrogen (secondary N) is 1. The summed E-state index contributed by atoms with van der Waals surface area (Å²) in [6.45, 7) is 0. The van der Waals surface area contributed by atoms with Crippen LogP contribution in [-0.4, -0.2) is 32.8 Å². The minimum absolute atomic E-state index is 0.199. The zero-order valence-corrected chi connectivity index (χ0v) is 14.6. The Balaban J connectivity index is 2.14. The molecular weight excluding hydrogens is 383 g/mol. The van der Waals surface area contributed by atoms with Crippen molar-refractivity contribution < 1.29 is 37.8 Å². The highest BCUT2D eigenvalue weighted by Gasteiger charge is 2.50. The van der Waals surface area contributed by atoms with Gasteiger partial charge in [0.2, 0.25) is 0 Å². The fourth-order valence-electron chi connectivity index (χ4n) is 2.28. The molecule has 0 aromatic heterocycles. The predicted octanol–water partition coefficient (Wildman–Crippen LogP) is 2.34. The van der Waals surface area contributed by atoms with Gasteiger partial charge in [0.25, 0.3) is 5.91 Å². The number of carbonyl (C=O) groups excluding carboxylic acids is 1. The van der Waals surface area contributed by atoms with Crippen molar-refractivity contribution in [1.29, 1.82) is 0 Å². The highest BCUT2D eigenvalue weighted by molar-refractivity contribution is 7.52. The van der Waals surface area contributed by atoms with Gasteiger partial charge >= 0.3 is 19.2 Å². The minimum atomic E-state index is -5.69. The van der Waals surface area contributed by atoms with Gasteiger partial charge < -0.3 is 20.2 Å². The average molecular weight is 399 g/mol. The second-order valence-corrected chi connectivity index (χ2v) is 7.37. The van der Waals surface area contributed by atoms with Crippen LogP contribution in [0.2, 0.25) is 0 Å². The SMILES string of the molecule is O=C(N[C@@H](Cc1ccc(C(F)(F)P(=O)(O)O)cc1)C(=O)O)c1ccccc1. The van der Waals surface area contributed by atoms with Crippen molar-refractivity contribution >= 4 is 19.5 Å². The highest BCUT2D eigenvalue weighted by atomic mass is 31.2. The number of carboxylic acids is 1. The number of carboxylic acid groups (broad SMARTS) is 1. The molecule has 0 aliphatic heterocycles. The topological polar surface area (TPSA) is 124 Å². The van der Waals surface area contributed by atoms with Gasteiger partial charge in [-0.2, -0.15) is 8.78 Å². The third-order valence-corrected chi connectivity index (χ3v) is 4.74. The second kappa shape index (κ2) is 7.96. The molecule has 0 spiro atoms. The first-order valence-corrected chi connectivity index (χ1v) is 9.25. The lowest BCUT2D eigenvalue weighted by molar-refractivity contribution is -0.139. The molecule has 0 saturated heterocycles. The molecule has 2 rings (SSSR count). The van der Waals surface area contributed by atoms with Gasteiger partial charge in [-0.15, -0.1) is 0 Å². The van der Waals surface area contributed by atoms with E-state index in [1.54, 1.807) is 18.2 Å². The van der Waals surface area contributed by atoms with Gasteiger partial charge in [0.15, 0.2) is 0 Å². The summed E-state index contributed by atoms with van der Waals surface area (Å²) in [5, 5.41) is 11.6. The van der Waals surface area contributed by atoms with E-state index >= 15 is 0 Å². The average Bonchev–Trinajstić information content (AvgIpc) is 2.61. The summed E-state index contributed by atoms with van der Waals surface area (Å²) in [5.74, 6) is -1.92. The summed E-state index contributed by atoms with van der Waals surface area (Å²) in [7, 11) is -5.69. The molecule has 7 nitrogen and oxygen atoms in total. The Kier molecular flexibility index (Phi) is 6.10. The third kappa shape index (κ3) is 4.97. The largest absolute Gasteiger partial charge is 0.480 e. The number of hydrogen-bond donors (Lipinski definition) is 4. The van der Waals surface area contributed by atoms with Crippen LogP contribution in [0.15, 0.2) is 54.6 Å². The molecule has 0 aliphatic rings. The smallest absolute Gasteiger partial charge is 0.399 e. The molecule has 144 valence electrons. The molecule has 2 aromatic rings. The van der Waals surface area contributed by atoms with Crippen molar-refractivity contribution in [3.63, 3.8) is 0 Å². The van der Waals surface area contributed by atoms with E-state index in [9.17, 15) is 28.0 Å². The minimum Gasteiger partial charge on any atom is -0.480 e. The van der Waals surface area contributed by atoms with E-state index in [1.807, 2.05) is 0 Å². The summed E-state index contributed by atoms with van der Waals surface area (Å²) < 4.78 is 38.1. The van der Waals surface area contributed by atoms with Crippen molar-refractivity contribution in [2.75, 3.05) is 0 Å². The second-order valence-electron chi connectivity index (χ2n) is 5.72. The van der Waals surface area contributed by atoms with Crippen molar-refractivity contribution in [1.82, 2.24) is 5.32 Å². The van der Waals surface area contributed by atoms with Crippen molar-refractivity contribution in [3.8, 4) is 0 Å². The Hall–Kier alpha value is -2.61. The standard InChI is InChI=1S/C17H16F2NO6P/c18-17(19,27(24,25)26)13-8-6-11(7-9-13)10-14(16(22)23)20-15(21)12-4-2-1-3-5-12/h1-9,14H,10H2,(H,20,21)(H,22,23)(H2,24,25,26)/t14-/m0/s1. The van der Waals surface area contributed by atoms with Gasteiger partial charge in [-0.3, -0.25) is 9.36 Å². The van der Waals surface area contributed by atoms with Crippen LogP contribution in [-0.2, 0) is 21.4 Å². The normalized spacial score (nSPS) is 13.0. The number of aliphatic carboxylic acids is 1. The molecule has 0 bridgehead atoms. The number of alkyl halides is 2. The van der Waals surface area contributed by atoms with Crippen LogP contribution in [0.25, 0.3) is 0 Å². The van der Waals surface area contributed by atoms with Crippen molar-refractivity contribution in [3.05, 3.63) is 71.3 Å². The third-order valence-electron chi connectivity index (χ3n) is 3.75. The maximum Gasteiger partial charge on any atom is 0.399 e. The molecule has 0 unspecified atom stereocenters. The first-order chi connectivity index (χ1) is 12.5. The molecule has 4 N–H and O–H groups in total. The first kappa shape index (κ1) is 20.7. The molecule has 0 heterocycles. The van der Waals surface area contributed by atoms with E-state index in [0.717, 1.165) is 24.3 Å². The Morgan fingerprint density at radius 1 is 1.04 bits per heavy atom. The molecule has 27 heavy (non-hydrogen) atoms. The lowest BCUT2D eigenvalue weighted by atomic mass is 10.0. The van der Waals surface area contributed by atoms with Crippen molar-refractivity contribution in [2.45, 2.75) is 18.1 Å². The summed E-state index contributed by atoms with van der Waals surface area (Å²) >= 11 is 0. The number of hydrogen-bond acceptors (Lipinski definition) is 3. The molecule has 2 aromatic carbocycles. The Morgan fingerprint density at radius 3 is 2.07 bits per heavy atom. The van der Waals surface area contributed by atoms with Crippen LogP contribution in [0.5, 0.6) is 0 Å². The molecule has 10 heteroatoms. The molecule has 0 fully saturated rings. The van der Waals surface area contributed by atoms with Gasteiger partial charge in [-0.1, -0.05) is 42.5 Å². The van der Waals surface area contributed by atoms with Crippen molar-refractivity contribution in [2.24, 2.45) is 0 Å². The molecule has 0 saturated carbocycles. The Bertz CT molecular complexity index is 867. The van der Waals surface area contributed by atoms with Gasteiger partial charge in [0.05, 0.1) is 0 Å². The lowest BCUT2D eigenvalue weighted by Crippen LogP contribution is -2.42. The number of rotatable bonds is 7. The molecule has 0 radical (unpaired) electrons. The van der Waals surface area contributed by atoms with E-state index in [4.69, 9.17) is 9.79 Å². The summed E-state index contributed by atoms with van der Waals surface area (Å²) in [6.07, 6.45) is -0.199. The summed E-state index contributed by atoms with van der Waals surface area (Å²) in [5.41, 5.74) is -4.68. The number of carbonyl (C=O) groups is 2. The monoisotopic (exact) mass is 399 g/mol. The van der Waals surface area contributed by atoms with E-state index in [-0.39, 0.29) is 12.0 Å². The predicted molar refractivity (Wildman–Crippen MR) is 91.4 cm³/mol. The molecule has 1 amide bonds. The molecule has 0 aliphatic carbocycles. The number of amides is 1. The molecular formula is C17H16F2NO6P. The Morgan fingerprint density at radius 2 is 1.59 bits per heavy atom. The van der Waals surface area contributed by atoms with Crippen LogP contribution < -0.4 is 5.32 Å². The van der Waals surface area contributed by atoms with Crippen LogP contribution in [0.4, 0.5) is 8.78 Å². The van der Waals surface area contributed by atoms with E-state index in [2.05, 4.69) is 5.32 Å². The highest BCUT2D eigenvalue weighted by Crippen LogP contribution is 2.59. The summed E-state index contributed by atoms with van der Waals surface area (Å²) in [4.78, 5) is 40.9. The van der Waals surface area contributed by atoms with Crippen LogP contribution in [0.3, 0.4) is 0 Å². The fourth-order valence-corrected chi connectivity index (χ4v) is 2.76. The van der Waals surface area contributed by atoms with E-state index < -0.39 is 36.7 Å². The van der Waals surface area contributed by atoms with E-state index in [0.29, 0.717) is 5.56 Å². The zero-order valence-electron chi connectivity index (χ0n) is 13.8. The first-order valence-electron chi connectivity index (χ1n) is 7.64. The lowest BCUT2D eigenvalue weighted by Gasteiger charge is -2.19. The quantitative estimate of drug-likeness (QED) is 0.530. The fraction of sp³-hybridized carbons (Fsp3) is 0.176. The van der Waals surface area contributed by atoms with Crippen LogP contribution >= 0.6 is 7.60 Å². The Labute approximate surface area is 152 Å². The number of halogens is 2.